The molecule has 0 aliphatic carbocycles. The number of hydrogen-bond donors (Lipinski definition) is 0. The quantitative estimate of drug-likeness (QED) is 0.641. The third kappa shape index (κ3) is 1.61. The van der Waals surface area contributed by atoms with Crippen molar-refractivity contribution in [1.29, 1.82) is 0 Å². The molecule has 3 nitrogen and oxygen atoms in total. The maximum absolute atomic E-state index is 10.9. The van der Waals surface area contributed by atoms with Gasteiger partial charge in [-0.25, -0.2) is 4.98 Å². The number of fused-ring (bicyclic) bond motifs is 1. The van der Waals surface area contributed by atoms with E-state index in [-0.39, 0.29) is 0 Å². The number of nitrogens with zero attached hydrogens (tertiary/aromatic N) is 2. The van der Waals surface area contributed by atoms with Gasteiger partial charge < -0.3 is 0 Å². The number of aryl methyl sites for hydroxylation is 1. The monoisotopic (exact) mass is 236 g/mol. The molecule has 88 valence electrons. The van der Waals surface area contributed by atoms with E-state index >= 15 is 0 Å². The number of aromatic nitrogens is 2. The van der Waals surface area contributed by atoms with Gasteiger partial charge >= 0.3 is 0 Å². The zero-order valence-electron chi connectivity index (χ0n) is 10.00. The van der Waals surface area contributed by atoms with Crippen LogP contribution in [0.3, 0.4) is 0 Å². The summed E-state index contributed by atoms with van der Waals surface area (Å²) in [6.07, 6.45) is 4.48. The predicted molar refractivity (Wildman–Crippen MR) is 70.8 cm³/mol. The molecule has 3 heteroatoms. The highest BCUT2D eigenvalue weighted by Gasteiger charge is 2.08. The van der Waals surface area contributed by atoms with Gasteiger partial charge in [-0.3, -0.25) is 9.20 Å². The van der Waals surface area contributed by atoms with Gasteiger partial charge in [-0.15, -0.1) is 0 Å². The van der Waals surface area contributed by atoms with Crippen LogP contribution in [-0.2, 0) is 0 Å². The number of rotatable bonds is 2. The van der Waals surface area contributed by atoms with Crippen molar-refractivity contribution in [3.05, 3.63) is 59.9 Å². The van der Waals surface area contributed by atoms with E-state index in [1.807, 2.05) is 41.1 Å². The van der Waals surface area contributed by atoms with Crippen LogP contribution in [0.4, 0.5) is 0 Å². The summed E-state index contributed by atoms with van der Waals surface area (Å²) >= 11 is 0. The van der Waals surface area contributed by atoms with E-state index in [0.717, 1.165) is 23.2 Å². The molecule has 2 heterocycles. The molecular formula is C15H12N2O. The second kappa shape index (κ2) is 4.11. The van der Waals surface area contributed by atoms with Crippen LogP contribution in [0.1, 0.15) is 15.9 Å². The molecule has 2 aromatic heterocycles. The molecule has 18 heavy (non-hydrogen) atoms. The molecule has 0 fully saturated rings. The van der Waals surface area contributed by atoms with E-state index in [4.69, 9.17) is 0 Å². The number of hydrogen-bond acceptors (Lipinski definition) is 2. The Morgan fingerprint density at radius 1 is 1.17 bits per heavy atom. The minimum atomic E-state index is 0.648. The molecule has 3 aromatic rings. The van der Waals surface area contributed by atoms with Crippen LogP contribution in [0.25, 0.3) is 16.9 Å². The van der Waals surface area contributed by atoms with Crippen molar-refractivity contribution in [2.24, 2.45) is 0 Å². The lowest BCUT2D eigenvalue weighted by molar-refractivity contribution is 0.112. The van der Waals surface area contributed by atoms with Gasteiger partial charge in [-0.1, -0.05) is 24.3 Å². The van der Waals surface area contributed by atoms with Crippen molar-refractivity contribution in [3.8, 4) is 11.4 Å². The first-order valence-corrected chi connectivity index (χ1v) is 5.78. The maximum Gasteiger partial charge on any atom is 0.151 e. The molecule has 0 N–H and O–H groups in total. The third-order valence-corrected chi connectivity index (χ3v) is 3.07. The molecule has 3 rings (SSSR count). The van der Waals surface area contributed by atoms with Gasteiger partial charge in [-0.2, -0.15) is 0 Å². The molecule has 1 aromatic carbocycles. The van der Waals surface area contributed by atoms with Gasteiger partial charge in [0.05, 0.1) is 11.7 Å². The molecule has 0 bridgehead atoms. The van der Waals surface area contributed by atoms with E-state index in [2.05, 4.69) is 18.0 Å². The fraction of sp³-hybridized carbons (Fsp3) is 0.0667. The van der Waals surface area contributed by atoms with Gasteiger partial charge in [0.2, 0.25) is 0 Å². The van der Waals surface area contributed by atoms with Gasteiger partial charge in [0.15, 0.2) is 6.29 Å². The largest absolute Gasteiger partial charge is 0.299 e. The van der Waals surface area contributed by atoms with Crippen molar-refractivity contribution in [2.45, 2.75) is 6.92 Å². The molecule has 0 radical (unpaired) electrons. The normalized spacial score (nSPS) is 10.7. The molecule has 0 atom stereocenters. The zero-order chi connectivity index (χ0) is 12.5. The van der Waals surface area contributed by atoms with E-state index in [1.54, 1.807) is 6.07 Å². The third-order valence-electron chi connectivity index (χ3n) is 3.07. The summed E-state index contributed by atoms with van der Waals surface area (Å²) in [6, 6.07) is 11.8. The lowest BCUT2D eigenvalue weighted by Gasteiger charge is -2.05. The average Bonchev–Trinajstić information content (AvgIpc) is 2.82. The number of aldehydes is 1. The van der Waals surface area contributed by atoms with Gasteiger partial charge in [0.25, 0.3) is 0 Å². The zero-order valence-corrected chi connectivity index (χ0v) is 10.00. The second-order valence-electron chi connectivity index (χ2n) is 4.27. The van der Waals surface area contributed by atoms with E-state index < -0.39 is 0 Å². The summed E-state index contributed by atoms with van der Waals surface area (Å²) < 4.78 is 1.95. The summed E-state index contributed by atoms with van der Waals surface area (Å²) in [7, 11) is 0. The van der Waals surface area contributed by atoms with E-state index in [1.165, 1.54) is 5.56 Å². The summed E-state index contributed by atoms with van der Waals surface area (Å²) in [5.74, 6) is 0.867. The summed E-state index contributed by atoms with van der Waals surface area (Å²) in [4.78, 5) is 15.3. The first-order chi connectivity index (χ1) is 8.79. The van der Waals surface area contributed by atoms with Crippen LogP contribution in [-0.4, -0.2) is 15.7 Å². The summed E-state index contributed by atoms with van der Waals surface area (Å²) in [5.41, 5.74) is 3.89. The van der Waals surface area contributed by atoms with Crippen molar-refractivity contribution >= 4 is 11.8 Å². The second-order valence-corrected chi connectivity index (χ2v) is 4.27. The molecule has 0 saturated heterocycles. The molecule has 0 saturated carbocycles. The number of carbonyl (C=O) groups excluding carboxylic acids is 1. The molecular weight excluding hydrogens is 224 g/mol. The van der Waals surface area contributed by atoms with Crippen molar-refractivity contribution < 1.29 is 4.79 Å². The highest BCUT2D eigenvalue weighted by atomic mass is 16.1. The molecule has 0 unspecified atom stereocenters. The Bertz CT molecular complexity index is 728. The Balaban J connectivity index is 2.29. The molecule has 0 amide bonds. The number of imidazole rings is 1. The minimum absolute atomic E-state index is 0.648. The molecule has 0 aliphatic heterocycles. The predicted octanol–water partition coefficient (Wildman–Crippen LogP) is 3.12. The van der Waals surface area contributed by atoms with Crippen molar-refractivity contribution in [2.75, 3.05) is 0 Å². The topological polar surface area (TPSA) is 34.4 Å². The van der Waals surface area contributed by atoms with Gasteiger partial charge in [0.1, 0.15) is 5.82 Å². The number of pyridine rings is 1. The Morgan fingerprint density at radius 3 is 2.78 bits per heavy atom. The smallest absolute Gasteiger partial charge is 0.151 e. The van der Waals surface area contributed by atoms with Gasteiger partial charge in [0, 0.05) is 17.3 Å². The maximum atomic E-state index is 10.9. The highest BCUT2D eigenvalue weighted by molar-refractivity contribution is 5.76. The van der Waals surface area contributed by atoms with E-state index in [0.29, 0.717) is 5.56 Å². The van der Waals surface area contributed by atoms with Crippen LogP contribution >= 0.6 is 0 Å². The van der Waals surface area contributed by atoms with E-state index in [9.17, 15) is 4.79 Å². The van der Waals surface area contributed by atoms with Crippen molar-refractivity contribution in [3.63, 3.8) is 0 Å². The summed E-state index contributed by atoms with van der Waals surface area (Å²) in [5, 5.41) is 0. The lowest BCUT2D eigenvalue weighted by Crippen LogP contribution is -1.93. The number of carbonyl (C=O) groups is 1. The first-order valence-electron chi connectivity index (χ1n) is 5.78. The Morgan fingerprint density at radius 2 is 2.00 bits per heavy atom. The van der Waals surface area contributed by atoms with Crippen LogP contribution in [0.5, 0.6) is 0 Å². The van der Waals surface area contributed by atoms with Crippen LogP contribution in [0.2, 0.25) is 0 Å². The van der Waals surface area contributed by atoms with Crippen LogP contribution < -0.4 is 0 Å². The van der Waals surface area contributed by atoms with Crippen LogP contribution in [0.15, 0.2) is 48.8 Å². The Labute approximate surface area is 105 Å². The highest BCUT2D eigenvalue weighted by Crippen LogP contribution is 2.23. The number of benzene rings is 1. The lowest BCUT2D eigenvalue weighted by atomic mass is 10.1. The van der Waals surface area contributed by atoms with Gasteiger partial charge in [-0.05, 0) is 24.6 Å². The van der Waals surface area contributed by atoms with Crippen LogP contribution in [0, 0.1) is 6.92 Å². The molecule has 0 aliphatic rings. The SMILES string of the molecule is Cc1ccccc1-c1ncc2ccc(C=O)cn12. The standard InChI is InChI=1S/C15H12N2O/c1-11-4-2-3-5-14(11)15-16-8-13-7-6-12(10-18)9-17(13)15/h2-10H,1H3. The fourth-order valence-electron chi connectivity index (χ4n) is 2.10. The van der Waals surface area contributed by atoms with Crippen molar-refractivity contribution in [1.82, 2.24) is 9.38 Å². The minimum Gasteiger partial charge on any atom is -0.299 e. The summed E-state index contributed by atoms with van der Waals surface area (Å²) in [6.45, 7) is 2.06. The fourth-order valence-corrected chi connectivity index (χ4v) is 2.10. The molecule has 0 spiro atoms. The first kappa shape index (κ1) is 10.7. The Kier molecular flexibility index (Phi) is 2.45. The average molecular weight is 236 g/mol. The Hall–Kier alpha value is -2.42.